The molecule has 1 heterocycles. The average molecular weight is 462 g/mol. The first kappa shape index (κ1) is 24.1. The molecule has 34 heavy (non-hydrogen) atoms. The number of amides is 1. The number of benzene rings is 2. The molecule has 2 aromatic rings. The van der Waals surface area contributed by atoms with Crippen LogP contribution in [0.25, 0.3) is 5.76 Å². The van der Waals surface area contributed by atoms with Gasteiger partial charge in [-0.25, -0.2) is 0 Å². The van der Waals surface area contributed by atoms with Crippen LogP contribution in [0.3, 0.4) is 0 Å². The molecule has 1 aliphatic carbocycles. The van der Waals surface area contributed by atoms with E-state index in [1.54, 1.807) is 11.0 Å². The van der Waals surface area contributed by atoms with Gasteiger partial charge < -0.3 is 14.7 Å². The van der Waals surface area contributed by atoms with E-state index in [2.05, 4.69) is 13.8 Å². The van der Waals surface area contributed by atoms with Crippen LogP contribution in [-0.2, 0) is 9.59 Å². The van der Waals surface area contributed by atoms with E-state index in [0.717, 1.165) is 54.5 Å². The predicted molar refractivity (Wildman–Crippen MR) is 134 cm³/mol. The summed E-state index contributed by atoms with van der Waals surface area (Å²) >= 11 is 0. The molecule has 2 fully saturated rings. The van der Waals surface area contributed by atoms with E-state index in [0.29, 0.717) is 12.2 Å². The average Bonchev–Trinajstić information content (AvgIpc) is 3.10. The van der Waals surface area contributed by atoms with Crippen molar-refractivity contribution in [3.05, 3.63) is 70.3 Å². The zero-order valence-electron chi connectivity index (χ0n) is 20.6. The third-order valence-electron chi connectivity index (χ3n) is 7.14. The van der Waals surface area contributed by atoms with E-state index in [1.165, 1.54) is 0 Å². The highest BCUT2D eigenvalue weighted by Crippen LogP contribution is 2.44. The standard InChI is InChI=1S/C29H35NO4/c1-5-34-24-16-15-20(17-23(24)18(2)3)27(31)25-26(22-14-10-9-11-19(22)4)30(29(33)28(25)32)21-12-7-6-8-13-21/h9-11,14-18,21,26,31H,5-8,12-13H2,1-4H3/b27-25+. The third-order valence-corrected chi connectivity index (χ3v) is 7.14. The van der Waals surface area contributed by atoms with Crippen LogP contribution in [0.4, 0.5) is 0 Å². The topological polar surface area (TPSA) is 66.8 Å². The Hall–Kier alpha value is -3.08. The molecule has 2 aromatic carbocycles. The molecule has 0 spiro atoms. The number of likely N-dealkylation sites (tertiary alicyclic amines) is 1. The Bertz CT molecular complexity index is 1110. The Balaban J connectivity index is 1.89. The summed E-state index contributed by atoms with van der Waals surface area (Å²) in [7, 11) is 0. The minimum atomic E-state index is -0.601. The van der Waals surface area contributed by atoms with Crippen molar-refractivity contribution in [2.24, 2.45) is 0 Å². The van der Waals surface area contributed by atoms with Gasteiger partial charge in [0.25, 0.3) is 11.7 Å². The van der Waals surface area contributed by atoms with Crippen molar-refractivity contribution in [2.45, 2.75) is 77.8 Å². The van der Waals surface area contributed by atoms with Gasteiger partial charge in [0.2, 0.25) is 0 Å². The number of rotatable bonds is 6. The molecule has 0 radical (unpaired) electrons. The Morgan fingerprint density at radius 2 is 1.79 bits per heavy atom. The maximum Gasteiger partial charge on any atom is 0.295 e. The summed E-state index contributed by atoms with van der Waals surface area (Å²) in [6.07, 6.45) is 5.02. The van der Waals surface area contributed by atoms with E-state index in [4.69, 9.17) is 4.74 Å². The fourth-order valence-corrected chi connectivity index (χ4v) is 5.37. The van der Waals surface area contributed by atoms with Crippen LogP contribution in [0.5, 0.6) is 5.75 Å². The van der Waals surface area contributed by atoms with Gasteiger partial charge in [-0.05, 0) is 67.5 Å². The Kier molecular flexibility index (Phi) is 7.11. The van der Waals surface area contributed by atoms with Crippen LogP contribution >= 0.6 is 0 Å². The quantitative estimate of drug-likeness (QED) is 0.313. The minimum Gasteiger partial charge on any atom is -0.507 e. The molecule has 5 heteroatoms. The molecule has 4 rings (SSSR count). The normalized spacial score (nSPS) is 20.9. The SMILES string of the molecule is CCOc1ccc(/C(O)=C2\C(=O)C(=O)N(C3CCCCC3)C2c2ccccc2C)cc1C(C)C. The number of hydrogen-bond donors (Lipinski definition) is 1. The van der Waals surface area contributed by atoms with Crippen molar-refractivity contribution in [3.63, 3.8) is 0 Å². The van der Waals surface area contributed by atoms with E-state index in [1.807, 2.05) is 50.2 Å². The zero-order valence-corrected chi connectivity index (χ0v) is 20.6. The van der Waals surface area contributed by atoms with Gasteiger partial charge in [0, 0.05) is 11.6 Å². The van der Waals surface area contributed by atoms with Crippen LogP contribution < -0.4 is 4.74 Å². The van der Waals surface area contributed by atoms with Crippen LogP contribution in [0.2, 0.25) is 0 Å². The first-order chi connectivity index (χ1) is 16.3. The second-order valence-electron chi connectivity index (χ2n) is 9.70. The predicted octanol–water partition coefficient (Wildman–Crippen LogP) is 6.27. The molecule has 1 unspecified atom stereocenters. The molecule has 180 valence electrons. The van der Waals surface area contributed by atoms with Crippen molar-refractivity contribution in [1.82, 2.24) is 4.90 Å². The van der Waals surface area contributed by atoms with Gasteiger partial charge in [-0.1, -0.05) is 57.4 Å². The lowest BCUT2D eigenvalue weighted by molar-refractivity contribution is -0.141. The number of carbonyl (C=O) groups is 2. The van der Waals surface area contributed by atoms with Gasteiger partial charge >= 0.3 is 0 Å². The first-order valence-electron chi connectivity index (χ1n) is 12.5. The van der Waals surface area contributed by atoms with E-state index >= 15 is 0 Å². The van der Waals surface area contributed by atoms with Gasteiger partial charge in [0.1, 0.15) is 11.5 Å². The highest BCUT2D eigenvalue weighted by Gasteiger charge is 2.49. The highest BCUT2D eigenvalue weighted by molar-refractivity contribution is 6.46. The lowest BCUT2D eigenvalue weighted by Crippen LogP contribution is -2.40. The lowest BCUT2D eigenvalue weighted by Gasteiger charge is -2.36. The molecular weight excluding hydrogens is 426 g/mol. The molecule has 1 atom stereocenters. The molecule has 0 bridgehead atoms. The van der Waals surface area contributed by atoms with Gasteiger partial charge in [0.05, 0.1) is 18.2 Å². The summed E-state index contributed by atoms with van der Waals surface area (Å²) in [5.41, 5.74) is 3.57. The summed E-state index contributed by atoms with van der Waals surface area (Å²) < 4.78 is 5.77. The summed E-state index contributed by atoms with van der Waals surface area (Å²) in [5, 5.41) is 11.5. The fraction of sp³-hybridized carbons (Fsp3) is 0.448. The van der Waals surface area contributed by atoms with E-state index in [-0.39, 0.29) is 23.3 Å². The molecule has 0 aromatic heterocycles. The van der Waals surface area contributed by atoms with Gasteiger partial charge in [0.15, 0.2) is 0 Å². The van der Waals surface area contributed by atoms with E-state index in [9.17, 15) is 14.7 Å². The van der Waals surface area contributed by atoms with Crippen molar-refractivity contribution >= 4 is 17.4 Å². The maximum absolute atomic E-state index is 13.4. The van der Waals surface area contributed by atoms with Crippen molar-refractivity contribution in [2.75, 3.05) is 6.61 Å². The zero-order chi connectivity index (χ0) is 24.4. The van der Waals surface area contributed by atoms with E-state index < -0.39 is 17.7 Å². The monoisotopic (exact) mass is 461 g/mol. The third kappa shape index (κ3) is 4.36. The molecule has 2 aliphatic rings. The van der Waals surface area contributed by atoms with Gasteiger partial charge in [-0.3, -0.25) is 9.59 Å². The number of nitrogens with zero attached hydrogens (tertiary/aromatic N) is 1. The molecule has 5 nitrogen and oxygen atoms in total. The van der Waals surface area contributed by atoms with Crippen molar-refractivity contribution in [3.8, 4) is 5.75 Å². The molecular formula is C29H35NO4. The lowest BCUT2D eigenvalue weighted by atomic mass is 9.89. The number of carbonyl (C=O) groups excluding carboxylic acids is 2. The molecule has 1 aliphatic heterocycles. The molecule has 1 saturated carbocycles. The first-order valence-corrected chi connectivity index (χ1v) is 12.5. The Morgan fingerprint density at radius 1 is 1.09 bits per heavy atom. The van der Waals surface area contributed by atoms with Gasteiger partial charge in [-0.2, -0.15) is 0 Å². The number of Topliss-reactive ketones (excluding diaryl/α,β-unsaturated/α-hetero) is 1. The Labute approximate surface area is 202 Å². The number of aryl methyl sites for hydroxylation is 1. The largest absolute Gasteiger partial charge is 0.507 e. The van der Waals surface area contributed by atoms with Gasteiger partial charge in [-0.15, -0.1) is 0 Å². The fourth-order valence-electron chi connectivity index (χ4n) is 5.37. The summed E-state index contributed by atoms with van der Waals surface area (Å²) in [4.78, 5) is 28.6. The summed E-state index contributed by atoms with van der Waals surface area (Å²) in [6.45, 7) is 8.61. The molecule has 1 N–H and O–H groups in total. The van der Waals surface area contributed by atoms with Crippen LogP contribution in [0.15, 0.2) is 48.0 Å². The van der Waals surface area contributed by atoms with Crippen molar-refractivity contribution < 1.29 is 19.4 Å². The number of hydrogen-bond acceptors (Lipinski definition) is 4. The second kappa shape index (κ2) is 10.0. The summed E-state index contributed by atoms with van der Waals surface area (Å²) in [5.74, 6) is -0.277. The minimum absolute atomic E-state index is 0.00617. The molecule has 1 saturated heterocycles. The Morgan fingerprint density at radius 3 is 2.44 bits per heavy atom. The van der Waals surface area contributed by atoms with Crippen LogP contribution in [0.1, 0.15) is 87.1 Å². The smallest absolute Gasteiger partial charge is 0.295 e. The number of aliphatic hydroxyl groups excluding tert-OH is 1. The summed E-state index contributed by atoms with van der Waals surface area (Å²) in [6, 6.07) is 12.8. The van der Waals surface area contributed by atoms with Crippen LogP contribution in [0, 0.1) is 6.92 Å². The molecule has 1 amide bonds. The number of aliphatic hydroxyl groups is 1. The van der Waals surface area contributed by atoms with Crippen LogP contribution in [-0.4, -0.2) is 34.3 Å². The number of ketones is 1. The maximum atomic E-state index is 13.4. The second-order valence-corrected chi connectivity index (χ2v) is 9.70. The number of ether oxygens (including phenoxy) is 1. The van der Waals surface area contributed by atoms with Crippen molar-refractivity contribution in [1.29, 1.82) is 0 Å². The highest BCUT2D eigenvalue weighted by atomic mass is 16.5.